The topological polar surface area (TPSA) is 89.9 Å². The number of rotatable bonds is 4. The number of carboxylic acids is 1. The summed E-state index contributed by atoms with van der Waals surface area (Å²) in [5, 5.41) is 20.6. The number of carbonyl (C=O) groups is 2. The van der Waals surface area contributed by atoms with Crippen molar-refractivity contribution in [2.75, 3.05) is 11.9 Å². The summed E-state index contributed by atoms with van der Waals surface area (Å²) in [6.07, 6.45) is 0. The Bertz CT molecular complexity index is 456. The Morgan fingerprint density at radius 1 is 1.21 bits per heavy atom. The van der Waals surface area contributed by atoms with Crippen LogP contribution in [0.2, 0.25) is 0 Å². The van der Waals surface area contributed by atoms with Gasteiger partial charge in [-0.2, -0.15) is 0 Å². The number of anilines is 1. The molecule has 0 aromatic heterocycles. The fraction of sp³-hybridized carbons (Fsp3) is 0.385. The summed E-state index contributed by atoms with van der Waals surface area (Å²) in [5.41, 5.74) is 0.559. The standard InChI is InChI=1S/C13H18N2O4/c1-8(2)11(12(17)18)14-13(19)15(3)9-4-6-10(16)7-5-9/h4-8,11,16H,1-3H3,(H,14,19)(H,17,18)/t11-/m0/s1. The van der Waals surface area contributed by atoms with Crippen molar-refractivity contribution in [1.29, 1.82) is 0 Å². The lowest BCUT2D eigenvalue weighted by Gasteiger charge is -2.23. The van der Waals surface area contributed by atoms with Crippen molar-refractivity contribution in [3.8, 4) is 5.75 Å². The molecule has 6 nitrogen and oxygen atoms in total. The van der Waals surface area contributed by atoms with Gasteiger partial charge in [0.25, 0.3) is 0 Å². The molecule has 0 bridgehead atoms. The highest BCUT2D eigenvalue weighted by Gasteiger charge is 2.25. The molecule has 0 spiro atoms. The molecule has 1 aromatic rings. The van der Waals surface area contributed by atoms with E-state index in [1.807, 2.05) is 0 Å². The number of hydrogen-bond acceptors (Lipinski definition) is 3. The number of hydrogen-bond donors (Lipinski definition) is 3. The number of carbonyl (C=O) groups excluding carboxylic acids is 1. The molecular formula is C13H18N2O4. The maximum Gasteiger partial charge on any atom is 0.326 e. The first-order chi connectivity index (χ1) is 8.82. The zero-order valence-corrected chi connectivity index (χ0v) is 11.1. The van der Waals surface area contributed by atoms with Crippen LogP contribution in [-0.4, -0.2) is 35.3 Å². The van der Waals surface area contributed by atoms with E-state index in [2.05, 4.69) is 5.32 Å². The van der Waals surface area contributed by atoms with Gasteiger partial charge in [-0.05, 0) is 30.2 Å². The van der Waals surface area contributed by atoms with Gasteiger partial charge in [0.2, 0.25) is 0 Å². The van der Waals surface area contributed by atoms with Gasteiger partial charge in [-0.3, -0.25) is 4.90 Å². The van der Waals surface area contributed by atoms with Crippen molar-refractivity contribution in [2.24, 2.45) is 5.92 Å². The highest BCUT2D eigenvalue weighted by atomic mass is 16.4. The van der Waals surface area contributed by atoms with Crippen LogP contribution in [0.1, 0.15) is 13.8 Å². The van der Waals surface area contributed by atoms with Crippen LogP contribution < -0.4 is 10.2 Å². The zero-order valence-electron chi connectivity index (χ0n) is 11.1. The van der Waals surface area contributed by atoms with E-state index in [0.717, 1.165) is 0 Å². The normalized spacial score (nSPS) is 12.0. The van der Waals surface area contributed by atoms with Gasteiger partial charge >= 0.3 is 12.0 Å². The molecule has 19 heavy (non-hydrogen) atoms. The SMILES string of the molecule is CC(C)[C@H](NC(=O)N(C)c1ccc(O)cc1)C(=O)O. The molecule has 0 saturated heterocycles. The van der Waals surface area contributed by atoms with Gasteiger partial charge in [0, 0.05) is 12.7 Å². The van der Waals surface area contributed by atoms with Crippen LogP contribution in [-0.2, 0) is 4.79 Å². The Hall–Kier alpha value is -2.24. The Labute approximate surface area is 111 Å². The van der Waals surface area contributed by atoms with E-state index in [-0.39, 0.29) is 11.7 Å². The Kier molecular flexibility index (Phi) is 4.74. The fourth-order valence-electron chi connectivity index (χ4n) is 1.54. The monoisotopic (exact) mass is 266 g/mol. The highest BCUT2D eigenvalue weighted by Crippen LogP contribution is 2.17. The first-order valence-electron chi connectivity index (χ1n) is 5.89. The van der Waals surface area contributed by atoms with Gasteiger partial charge in [-0.1, -0.05) is 13.8 Å². The Balaban J connectivity index is 2.77. The molecule has 0 fully saturated rings. The Morgan fingerprint density at radius 2 is 1.74 bits per heavy atom. The summed E-state index contributed by atoms with van der Waals surface area (Å²) in [7, 11) is 1.53. The number of carboxylic acid groups (broad SMARTS) is 1. The van der Waals surface area contributed by atoms with E-state index in [1.54, 1.807) is 26.0 Å². The number of benzene rings is 1. The number of phenols is 1. The second-order valence-corrected chi connectivity index (χ2v) is 4.58. The van der Waals surface area contributed by atoms with Crippen molar-refractivity contribution in [3.05, 3.63) is 24.3 Å². The van der Waals surface area contributed by atoms with E-state index in [1.165, 1.54) is 24.1 Å². The lowest BCUT2D eigenvalue weighted by molar-refractivity contribution is -0.140. The van der Waals surface area contributed by atoms with Crippen LogP contribution in [0.4, 0.5) is 10.5 Å². The average molecular weight is 266 g/mol. The molecule has 0 aliphatic carbocycles. The van der Waals surface area contributed by atoms with Gasteiger partial charge in [-0.25, -0.2) is 9.59 Å². The third-order valence-corrected chi connectivity index (χ3v) is 2.75. The maximum atomic E-state index is 11.9. The van der Waals surface area contributed by atoms with E-state index < -0.39 is 18.0 Å². The molecule has 0 unspecified atom stereocenters. The van der Waals surface area contributed by atoms with Crippen LogP contribution in [0.3, 0.4) is 0 Å². The molecule has 0 heterocycles. The van der Waals surface area contributed by atoms with E-state index in [4.69, 9.17) is 5.11 Å². The Morgan fingerprint density at radius 3 is 2.16 bits per heavy atom. The number of urea groups is 1. The van der Waals surface area contributed by atoms with Crippen LogP contribution >= 0.6 is 0 Å². The summed E-state index contributed by atoms with van der Waals surface area (Å²) in [6, 6.07) is 4.60. The first kappa shape index (κ1) is 14.8. The number of amides is 2. The minimum absolute atomic E-state index is 0.100. The highest BCUT2D eigenvalue weighted by molar-refractivity contribution is 5.94. The molecule has 0 saturated carbocycles. The van der Waals surface area contributed by atoms with E-state index >= 15 is 0 Å². The zero-order chi connectivity index (χ0) is 14.6. The molecular weight excluding hydrogens is 248 g/mol. The van der Waals surface area contributed by atoms with Crippen LogP contribution in [0.15, 0.2) is 24.3 Å². The summed E-state index contributed by atoms with van der Waals surface area (Å²) in [5.74, 6) is -1.18. The molecule has 6 heteroatoms. The molecule has 2 amide bonds. The molecule has 1 atom stereocenters. The average Bonchev–Trinajstić information content (AvgIpc) is 2.34. The lowest BCUT2D eigenvalue weighted by atomic mass is 10.1. The molecule has 1 rings (SSSR count). The van der Waals surface area contributed by atoms with Crippen LogP contribution in [0, 0.1) is 5.92 Å². The lowest BCUT2D eigenvalue weighted by Crippen LogP contribution is -2.49. The number of phenolic OH excluding ortho intramolecular Hbond substituents is 1. The molecule has 104 valence electrons. The van der Waals surface area contributed by atoms with Crippen molar-refractivity contribution in [1.82, 2.24) is 5.32 Å². The summed E-state index contributed by atoms with van der Waals surface area (Å²) < 4.78 is 0. The first-order valence-corrected chi connectivity index (χ1v) is 5.89. The number of nitrogens with one attached hydrogen (secondary N) is 1. The fourth-order valence-corrected chi connectivity index (χ4v) is 1.54. The third kappa shape index (κ3) is 3.87. The number of aliphatic carboxylic acids is 1. The predicted molar refractivity (Wildman–Crippen MR) is 71.3 cm³/mol. The van der Waals surface area contributed by atoms with Gasteiger partial charge in [0.1, 0.15) is 11.8 Å². The summed E-state index contributed by atoms with van der Waals surface area (Å²) in [6.45, 7) is 3.44. The van der Waals surface area contributed by atoms with E-state index in [9.17, 15) is 14.7 Å². The molecule has 3 N–H and O–H groups in total. The second kappa shape index (κ2) is 6.08. The third-order valence-electron chi connectivity index (χ3n) is 2.75. The summed E-state index contributed by atoms with van der Waals surface area (Å²) in [4.78, 5) is 24.2. The van der Waals surface area contributed by atoms with Gasteiger partial charge < -0.3 is 15.5 Å². The van der Waals surface area contributed by atoms with Gasteiger partial charge in [0.15, 0.2) is 0 Å². The summed E-state index contributed by atoms with van der Waals surface area (Å²) >= 11 is 0. The van der Waals surface area contributed by atoms with Crippen molar-refractivity contribution >= 4 is 17.7 Å². The minimum atomic E-state index is -1.07. The minimum Gasteiger partial charge on any atom is -0.508 e. The second-order valence-electron chi connectivity index (χ2n) is 4.58. The van der Waals surface area contributed by atoms with Crippen molar-refractivity contribution < 1.29 is 19.8 Å². The molecule has 0 radical (unpaired) electrons. The quantitative estimate of drug-likeness (QED) is 0.773. The largest absolute Gasteiger partial charge is 0.508 e. The maximum absolute atomic E-state index is 11.9. The van der Waals surface area contributed by atoms with E-state index in [0.29, 0.717) is 5.69 Å². The van der Waals surface area contributed by atoms with Crippen molar-refractivity contribution in [2.45, 2.75) is 19.9 Å². The van der Waals surface area contributed by atoms with Crippen LogP contribution in [0.25, 0.3) is 0 Å². The molecule has 0 aliphatic rings. The predicted octanol–water partition coefficient (Wildman–Crippen LogP) is 1.65. The number of nitrogens with zero attached hydrogens (tertiary/aromatic N) is 1. The van der Waals surface area contributed by atoms with Crippen LogP contribution in [0.5, 0.6) is 5.75 Å². The van der Waals surface area contributed by atoms with Crippen molar-refractivity contribution in [3.63, 3.8) is 0 Å². The number of aromatic hydroxyl groups is 1. The smallest absolute Gasteiger partial charge is 0.326 e. The van der Waals surface area contributed by atoms with Gasteiger partial charge in [0.05, 0.1) is 0 Å². The molecule has 1 aromatic carbocycles. The molecule has 0 aliphatic heterocycles. The van der Waals surface area contributed by atoms with Gasteiger partial charge in [-0.15, -0.1) is 0 Å².